The molecule has 0 bridgehead atoms. The molecule has 74 valence electrons. The first-order valence-electron chi connectivity index (χ1n) is 4.94. The van der Waals surface area contributed by atoms with Crippen LogP contribution < -0.4 is 0 Å². The van der Waals surface area contributed by atoms with Crippen LogP contribution in [0, 0.1) is 6.92 Å². The molecule has 0 radical (unpaired) electrons. The lowest BCUT2D eigenvalue weighted by Gasteiger charge is -2.05. The van der Waals surface area contributed by atoms with Gasteiger partial charge in [0, 0.05) is 11.4 Å². The molecule has 0 aliphatic carbocycles. The molecule has 0 aromatic heterocycles. The zero-order valence-corrected chi connectivity index (χ0v) is 9.17. The Balaban J connectivity index is 3.00. The van der Waals surface area contributed by atoms with Crippen LogP contribution in [-0.4, -0.2) is 5.71 Å². The van der Waals surface area contributed by atoms with Gasteiger partial charge in [-0.3, -0.25) is 4.99 Å². The SMILES string of the molecule is C=C(CC)/N=C(/C)c1ccccc1C. The number of aryl methyl sites for hydroxylation is 1. The minimum absolute atomic E-state index is 0.906. The average Bonchev–Trinajstić information content (AvgIpc) is 2.18. The van der Waals surface area contributed by atoms with E-state index < -0.39 is 0 Å². The van der Waals surface area contributed by atoms with Gasteiger partial charge in [0.15, 0.2) is 0 Å². The van der Waals surface area contributed by atoms with Gasteiger partial charge < -0.3 is 0 Å². The lowest BCUT2D eigenvalue weighted by molar-refractivity contribution is 1.08. The lowest BCUT2D eigenvalue weighted by atomic mass is 10.1. The first-order chi connectivity index (χ1) is 6.65. The second kappa shape index (κ2) is 4.75. The van der Waals surface area contributed by atoms with E-state index in [1.807, 2.05) is 19.1 Å². The summed E-state index contributed by atoms with van der Waals surface area (Å²) in [5.74, 6) is 0. The summed E-state index contributed by atoms with van der Waals surface area (Å²) >= 11 is 0. The Hall–Kier alpha value is -1.37. The zero-order valence-electron chi connectivity index (χ0n) is 9.17. The van der Waals surface area contributed by atoms with Gasteiger partial charge in [-0.1, -0.05) is 37.8 Å². The Labute approximate surface area is 86.2 Å². The van der Waals surface area contributed by atoms with Crippen LogP contribution >= 0.6 is 0 Å². The topological polar surface area (TPSA) is 12.4 Å². The quantitative estimate of drug-likeness (QED) is 0.639. The van der Waals surface area contributed by atoms with Crippen LogP contribution in [0.3, 0.4) is 0 Å². The molecule has 1 heteroatoms. The van der Waals surface area contributed by atoms with Gasteiger partial charge in [0.25, 0.3) is 0 Å². The van der Waals surface area contributed by atoms with Crippen LogP contribution in [0.15, 0.2) is 41.5 Å². The number of rotatable bonds is 3. The van der Waals surface area contributed by atoms with Gasteiger partial charge in [-0.15, -0.1) is 0 Å². The summed E-state index contributed by atoms with van der Waals surface area (Å²) in [6.07, 6.45) is 0.906. The number of hydrogen-bond acceptors (Lipinski definition) is 1. The maximum absolute atomic E-state index is 4.45. The van der Waals surface area contributed by atoms with Crippen LogP contribution in [0.5, 0.6) is 0 Å². The maximum atomic E-state index is 4.45. The van der Waals surface area contributed by atoms with Gasteiger partial charge in [0.1, 0.15) is 0 Å². The van der Waals surface area contributed by atoms with Crippen LogP contribution in [0.1, 0.15) is 31.4 Å². The minimum atomic E-state index is 0.906. The highest BCUT2D eigenvalue weighted by Gasteiger charge is 2.00. The molecular formula is C13H17N. The van der Waals surface area contributed by atoms with Gasteiger partial charge in [-0.2, -0.15) is 0 Å². The Morgan fingerprint density at radius 2 is 2.00 bits per heavy atom. The predicted molar refractivity (Wildman–Crippen MR) is 62.8 cm³/mol. The summed E-state index contributed by atoms with van der Waals surface area (Å²) in [4.78, 5) is 4.45. The third kappa shape index (κ3) is 2.56. The fraction of sp³-hybridized carbons (Fsp3) is 0.308. The average molecular weight is 187 g/mol. The zero-order chi connectivity index (χ0) is 10.6. The van der Waals surface area contributed by atoms with Crippen LogP contribution in [0.25, 0.3) is 0 Å². The van der Waals surface area contributed by atoms with Crippen LogP contribution in [-0.2, 0) is 0 Å². The van der Waals surface area contributed by atoms with E-state index in [4.69, 9.17) is 0 Å². The number of benzene rings is 1. The fourth-order valence-corrected chi connectivity index (χ4v) is 1.36. The molecule has 14 heavy (non-hydrogen) atoms. The molecule has 0 heterocycles. The minimum Gasteiger partial charge on any atom is -0.258 e. The van der Waals surface area contributed by atoms with Crippen molar-refractivity contribution < 1.29 is 0 Å². The molecule has 0 saturated carbocycles. The summed E-state index contributed by atoms with van der Waals surface area (Å²) in [7, 11) is 0. The molecule has 0 aliphatic rings. The highest BCUT2D eigenvalue weighted by molar-refractivity contribution is 6.00. The van der Waals surface area contributed by atoms with E-state index in [0.717, 1.165) is 17.8 Å². The first-order valence-corrected chi connectivity index (χ1v) is 4.94. The normalized spacial score (nSPS) is 11.5. The first kappa shape index (κ1) is 10.7. The summed E-state index contributed by atoms with van der Waals surface area (Å²) in [5.41, 5.74) is 4.46. The van der Waals surface area contributed by atoms with Gasteiger partial charge in [0.2, 0.25) is 0 Å². The van der Waals surface area contributed by atoms with Crippen molar-refractivity contribution in [3.05, 3.63) is 47.7 Å². The van der Waals surface area contributed by atoms with E-state index in [-0.39, 0.29) is 0 Å². The molecule has 0 aliphatic heterocycles. The van der Waals surface area contributed by atoms with Gasteiger partial charge >= 0.3 is 0 Å². The number of allylic oxidation sites excluding steroid dienone is 1. The molecule has 0 atom stereocenters. The fourth-order valence-electron chi connectivity index (χ4n) is 1.36. The second-order valence-electron chi connectivity index (χ2n) is 3.43. The Kier molecular flexibility index (Phi) is 3.63. The van der Waals surface area contributed by atoms with Crippen molar-refractivity contribution in [2.24, 2.45) is 4.99 Å². The second-order valence-corrected chi connectivity index (χ2v) is 3.43. The standard InChI is InChI=1S/C13H17N/c1-5-11(3)14-12(4)13-9-7-6-8-10(13)2/h6-9H,3,5H2,1-2,4H3/b14-12-. The smallest absolute Gasteiger partial charge is 0.0450 e. The van der Waals surface area contributed by atoms with E-state index in [1.54, 1.807) is 0 Å². The monoisotopic (exact) mass is 187 g/mol. The summed E-state index contributed by atoms with van der Waals surface area (Å²) < 4.78 is 0. The maximum Gasteiger partial charge on any atom is 0.0450 e. The van der Waals surface area contributed by atoms with Crippen LogP contribution in [0.4, 0.5) is 0 Å². The Morgan fingerprint density at radius 1 is 1.36 bits per heavy atom. The van der Waals surface area contributed by atoms with Crippen molar-refractivity contribution in [3.8, 4) is 0 Å². The largest absolute Gasteiger partial charge is 0.258 e. The lowest BCUT2D eigenvalue weighted by Crippen LogP contribution is -1.97. The van der Waals surface area contributed by atoms with Crippen molar-refractivity contribution in [1.29, 1.82) is 0 Å². The third-order valence-corrected chi connectivity index (χ3v) is 2.27. The molecule has 1 aromatic carbocycles. The van der Waals surface area contributed by atoms with E-state index in [2.05, 4.69) is 37.6 Å². The van der Waals surface area contributed by atoms with E-state index in [0.29, 0.717) is 0 Å². The number of aliphatic imine (C=N–C) groups is 1. The van der Waals surface area contributed by atoms with Gasteiger partial charge in [-0.05, 0) is 31.4 Å². The van der Waals surface area contributed by atoms with Crippen LogP contribution in [0.2, 0.25) is 0 Å². The van der Waals surface area contributed by atoms with Crippen molar-refractivity contribution in [1.82, 2.24) is 0 Å². The summed E-state index contributed by atoms with van der Waals surface area (Å²) in [5, 5.41) is 0. The molecule has 1 nitrogen and oxygen atoms in total. The predicted octanol–water partition coefficient (Wildman–Crippen LogP) is 3.73. The molecule has 0 fully saturated rings. The summed E-state index contributed by atoms with van der Waals surface area (Å²) in [6.45, 7) is 10.1. The van der Waals surface area contributed by atoms with E-state index in [1.165, 1.54) is 11.1 Å². The number of nitrogens with zero attached hydrogens (tertiary/aromatic N) is 1. The van der Waals surface area contributed by atoms with E-state index in [9.17, 15) is 0 Å². The molecule has 0 saturated heterocycles. The molecule has 1 aromatic rings. The number of hydrogen-bond donors (Lipinski definition) is 0. The molecule has 1 rings (SSSR count). The van der Waals surface area contributed by atoms with E-state index >= 15 is 0 Å². The van der Waals surface area contributed by atoms with Crippen molar-refractivity contribution >= 4 is 5.71 Å². The molecule has 0 unspecified atom stereocenters. The molecule has 0 amide bonds. The Bertz CT molecular complexity index is 361. The van der Waals surface area contributed by atoms with Gasteiger partial charge in [0.05, 0.1) is 0 Å². The Morgan fingerprint density at radius 3 is 2.57 bits per heavy atom. The molecule has 0 spiro atoms. The highest BCUT2D eigenvalue weighted by Crippen LogP contribution is 2.10. The highest BCUT2D eigenvalue weighted by atomic mass is 14.7. The van der Waals surface area contributed by atoms with Crippen molar-refractivity contribution in [2.45, 2.75) is 27.2 Å². The van der Waals surface area contributed by atoms with Crippen molar-refractivity contribution in [3.63, 3.8) is 0 Å². The molecular weight excluding hydrogens is 170 g/mol. The summed E-state index contributed by atoms with van der Waals surface area (Å²) in [6, 6.07) is 8.27. The van der Waals surface area contributed by atoms with Gasteiger partial charge in [-0.25, -0.2) is 0 Å². The third-order valence-electron chi connectivity index (χ3n) is 2.27. The van der Waals surface area contributed by atoms with Crippen molar-refractivity contribution in [2.75, 3.05) is 0 Å². The molecule has 0 N–H and O–H groups in total.